The van der Waals surface area contributed by atoms with Gasteiger partial charge in [-0.3, -0.25) is 4.79 Å². The number of benzene rings is 1. The Kier molecular flexibility index (Phi) is 5.36. The van der Waals surface area contributed by atoms with Crippen molar-refractivity contribution in [3.05, 3.63) is 29.8 Å². The number of nitrogens with two attached hydrogens (primary N) is 1. The topological polar surface area (TPSA) is 55.6 Å². The molecule has 2 N–H and O–H groups in total. The van der Waals surface area contributed by atoms with Gasteiger partial charge in [0.1, 0.15) is 5.75 Å². The fraction of sp³-hybridized carbons (Fsp3) is 0.533. The van der Waals surface area contributed by atoms with E-state index < -0.39 is 5.54 Å². The van der Waals surface area contributed by atoms with Crippen LogP contribution < -0.4 is 10.5 Å². The third kappa shape index (κ3) is 3.96. The zero-order valence-corrected chi connectivity index (χ0v) is 12.3. The Hall–Kier alpha value is -1.55. The summed E-state index contributed by atoms with van der Waals surface area (Å²) in [5.41, 5.74) is 6.17. The lowest BCUT2D eigenvalue weighted by atomic mass is 9.98. The number of amides is 1. The van der Waals surface area contributed by atoms with E-state index in [2.05, 4.69) is 0 Å². The van der Waals surface area contributed by atoms with Gasteiger partial charge >= 0.3 is 0 Å². The van der Waals surface area contributed by atoms with E-state index in [9.17, 15) is 4.79 Å². The van der Waals surface area contributed by atoms with Gasteiger partial charge < -0.3 is 15.4 Å². The van der Waals surface area contributed by atoms with Gasteiger partial charge in [-0.05, 0) is 26.3 Å². The van der Waals surface area contributed by atoms with Crippen LogP contribution in [0.4, 0.5) is 0 Å². The Balaban J connectivity index is 2.82. The molecule has 0 heterocycles. The van der Waals surface area contributed by atoms with Crippen LogP contribution in [-0.4, -0.2) is 30.0 Å². The van der Waals surface area contributed by atoms with Gasteiger partial charge in [-0.2, -0.15) is 0 Å². The molecule has 1 aromatic carbocycles. The minimum absolute atomic E-state index is 0.0544. The molecular weight excluding hydrogens is 240 g/mol. The summed E-state index contributed by atoms with van der Waals surface area (Å²) in [5.74, 6) is 0.765. The predicted molar refractivity (Wildman–Crippen MR) is 77.0 cm³/mol. The third-order valence-corrected chi connectivity index (χ3v) is 3.25. The van der Waals surface area contributed by atoms with E-state index in [1.54, 1.807) is 18.9 Å². The molecule has 0 aliphatic rings. The molecule has 0 aromatic heterocycles. The molecule has 1 unspecified atom stereocenters. The Labute approximate surface area is 115 Å². The Morgan fingerprint density at radius 3 is 2.58 bits per heavy atom. The monoisotopic (exact) mass is 264 g/mol. The second kappa shape index (κ2) is 6.57. The molecule has 0 bridgehead atoms. The number of likely N-dealkylation sites (N-methyl/N-ethyl adjacent to an activating group) is 1. The van der Waals surface area contributed by atoms with Gasteiger partial charge in [0.25, 0.3) is 0 Å². The number of para-hydroxylation sites is 1. The van der Waals surface area contributed by atoms with Crippen molar-refractivity contribution >= 4 is 5.91 Å². The lowest BCUT2D eigenvalue weighted by Gasteiger charge is -2.28. The molecule has 0 spiro atoms. The molecule has 0 saturated heterocycles. The van der Waals surface area contributed by atoms with E-state index in [0.29, 0.717) is 19.6 Å². The van der Waals surface area contributed by atoms with Crippen LogP contribution in [0.1, 0.15) is 32.8 Å². The summed E-state index contributed by atoms with van der Waals surface area (Å²) in [6.07, 6.45) is 0.614. The van der Waals surface area contributed by atoms with Gasteiger partial charge in [-0.25, -0.2) is 0 Å². The Morgan fingerprint density at radius 2 is 2.00 bits per heavy atom. The number of nitrogens with zero attached hydrogens (tertiary/aromatic N) is 1. The highest BCUT2D eigenvalue weighted by Crippen LogP contribution is 2.20. The molecule has 0 aliphatic carbocycles. The maximum atomic E-state index is 12.2. The largest absolute Gasteiger partial charge is 0.494 e. The number of rotatable bonds is 6. The van der Waals surface area contributed by atoms with Crippen LogP contribution >= 0.6 is 0 Å². The third-order valence-electron chi connectivity index (χ3n) is 3.25. The van der Waals surface area contributed by atoms with Gasteiger partial charge in [0.15, 0.2) is 0 Å². The summed E-state index contributed by atoms with van der Waals surface area (Å²) in [5, 5.41) is 0. The molecule has 106 valence electrons. The molecule has 1 atom stereocenters. The number of carbonyl (C=O) groups is 1. The number of hydrogen-bond donors (Lipinski definition) is 1. The van der Waals surface area contributed by atoms with Crippen LogP contribution in [0.5, 0.6) is 5.75 Å². The summed E-state index contributed by atoms with van der Waals surface area (Å²) in [6, 6.07) is 7.75. The van der Waals surface area contributed by atoms with Crippen LogP contribution in [0.2, 0.25) is 0 Å². The quantitative estimate of drug-likeness (QED) is 0.856. The van der Waals surface area contributed by atoms with Crippen LogP contribution in [0.25, 0.3) is 0 Å². The summed E-state index contributed by atoms with van der Waals surface area (Å²) in [7, 11) is 1.77. The summed E-state index contributed by atoms with van der Waals surface area (Å²) in [4.78, 5) is 13.9. The highest BCUT2D eigenvalue weighted by Gasteiger charge is 2.29. The summed E-state index contributed by atoms with van der Waals surface area (Å²) >= 11 is 0. The maximum Gasteiger partial charge on any atom is 0.242 e. The molecule has 0 fully saturated rings. The van der Waals surface area contributed by atoms with Crippen molar-refractivity contribution in [3.8, 4) is 5.75 Å². The molecule has 0 radical (unpaired) electrons. The van der Waals surface area contributed by atoms with E-state index >= 15 is 0 Å². The molecular formula is C15H24N2O2. The van der Waals surface area contributed by atoms with Gasteiger partial charge in [0.2, 0.25) is 5.91 Å². The zero-order valence-electron chi connectivity index (χ0n) is 12.3. The van der Waals surface area contributed by atoms with Gasteiger partial charge in [-0.1, -0.05) is 25.1 Å². The fourth-order valence-corrected chi connectivity index (χ4v) is 1.85. The van der Waals surface area contributed by atoms with E-state index in [1.807, 2.05) is 38.1 Å². The molecule has 1 rings (SSSR count). The average Bonchev–Trinajstić information content (AvgIpc) is 2.40. The molecule has 0 saturated carbocycles. The maximum absolute atomic E-state index is 12.2. The lowest BCUT2D eigenvalue weighted by molar-refractivity contribution is -0.135. The Morgan fingerprint density at radius 1 is 1.37 bits per heavy atom. The van der Waals surface area contributed by atoms with Gasteiger partial charge in [0, 0.05) is 19.2 Å². The molecule has 1 amide bonds. The molecule has 19 heavy (non-hydrogen) atoms. The molecule has 4 nitrogen and oxygen atoms in total. The highest BCUT2D eigenvalue weighted by molar-refractivity contribution is 5.85. The van der Waals surface area contributed by atoms with Crippen LogP contribution in [0.15, 0.2) is 24.3 Å². The summed E-state index contributed by atoms with van der Waals surface area (Å²) < 4.78 is 5.56. The second-order valence-electron chi connectivity index (χ2n) is 4.97. The normalized spacial score (nSPS) is 13.7. The smallest absolute Gasteiger partial charge is 0.242 e. The van der Waals surface area contributed by atoms with Crippen molar-refractivity contribution in [2.45, 2.75) is 39.3 Å². The summed E-state index contributed by atoms with van der Waals surface area (Å²) in [6.45, 7) is 6.74. The van der Waals surface area contributed by atoms with E-state index in [0.717, 1.165) is 11.3 Å². The Bertz CT molecular complexity index is 430. The molecule has 1 aromatic rings. The van der Waals surface area contributed by atoms with Crippen LogP contribution in [-0.2, 0) is 11.3 Å². The van der Waals surface area contributed by atoms with Crippen molar-refractivity contribution in [2.75, 3.05) is 13.7 Å². The van der Waals surface area contributed by atoms with Crippen LogP contribution in [0.3, 0.4) is 0 Å². The predicted octanol–water partition coefficient (Wildman–Crippen LogP) is 2.17. The standard InChI is InChI=1S/C15H24N2O2/c1-5-15(3,16)14(18)17(4)11-12-9-7-8-10-13(12)19-6-2/h7-10H,5-6,11,16H2,1-4H3. The zero-order chi connectivity index (χ0) is 14.5. The SMILES string of the molecule is CCOc1ccccc1CN(C)C(=O)C(C)(N)CC. The van der Waals surface area contributed by atoms with Crippen molar-refractivity contribution in [2.24, 2.45) is 5.73 Å². The van der Waals surface area contributed by atoms with E-state index in [1.165, 1.54) is 0 Å². The first-order valence-electron chi connectivity index (χ1n) is 6.67. The minimum atomic E-state index is -0.810. The first-order valence-corrected chi connectivity index (χ1v) is 6.67. The van der Waals surface area contributed by atoms with Crippen molar-refractivity contribution in [1.82, 2.24) is 4.90 Å². The minimum Gasteiger partial charge on any atom is -0.494 e. The van der Waals surface area contributed by atoms with Crippen molar-refractivity contribution in [3.63, 3.8) is 0 Å². The highest BCUT2D eigenvalue weighted by atomic mass is 16.5. The molecule has 4 heteroatoms. The van der Waals surface area contributed by atoms with E-state index in [-0.39, 0.29) is 5.91 Å². The first kappa shape index (κ1) is 15.5. The van der Waals surface area contributed by atoms with Gasteiger partial charge in [-0.15, -0.1) is 0 Å². The van der Waals surface area contributed by atoms with Gasteiger partial charge in [0.05, 0.1) is 12.1 Å². The van der Waals surface area contributed by atoms with Crippen molar-refractivity contribution < 1.29 is 9.53 Å². The number of carbonyl (C=O) groups excluding carboxylic acids is 1. The second-order valence-corrected chi connectivity index (χ2v) is 4.97. The first-order chi connectivity index (χ1) is 8.92. The fourth-order valence-electron chi connectivity index (χ4n) is 1.85. The number of ether oxygens (including phenoxy) is 1. The van der Waals surface area contributed by atoms with E-state index in [4.69, 9.17) is 10.5 Å². The molecule has 0 aliphatic heterocycles. The number of hydrogen-bond acceptors (Lipinski definition) is 3. The average molecular weight is 264 g/mol. The van der Waals surface area contributed by atoms with Crippen molar-refractivity contribution in [1.29, 1.82) is 0 Å². The van der Waals surface area contributed by atoms with Crippen LogP contribution in [0, 0.1) is 0 Å². The lowest BCUT2D eigenvalue weighted by Crippen LogP contribution is -2.51.